The number of guanidine groups is 1. The molecule has 0 radical (unpaired) electrons. The van der Waals surface area contributed by atoms with Crippen LogP contribution in [0.25, 0.3) is 0 Å². The normalized spacial score (nSPS) is 16.8. The zero-order valence-corrected chi connectivity index (χ0v) is 15.7. The summed E-state index contributed by atoms with van der Waals surface area (Å²) in [6.07, 6.45) is 3.14. The van der Waals surface area contributed by atoms with E-state index in [9.17, 15) is 13.2 Å². The molecule has 1 aliphatic heterocycles. The molecule has 140 valence electrons. The number of aliphatic imine (C=N–C) groups is 1. The van der Waals surface area contributed by atoms with Gasteiger partial charge in [0, 0.05) is 38.5 Å². The second-order valence-electron chi connectivity index (χ2n) is 5.85. The number of carbonyl (C=O) groups excluding carboxylic acids is 1. The summed E-state index contributed by atoms with van der Waals surface area (Å²) >= 11 is 0. The zero-order chi connectivity index (χ0) is 18.0. The molecule has 0 aromatic rings. The number of sulfone groups is 1. The van der Waals surface area contributed by atoms with E-state index in [1.807, 2.05) is 6.92 Å². The minimum Gasteiger partial charge on any atom is -0.450 e. The van der Waals surface area contributed by atoms with Crippen molar-refractivity contribution in [1.29, 1.82) is 0 Å². The first-order chi connectivity index (χ1) is 11.4. The van der Waals surface area contributed by atoms with Crippen molar-refractivity contribution in [2.24, 2.45) is 4.99 Å². The van der Waals surface area contributed by atoms with Crippen LogP contribution >= 0.6 is 0 Å². The molecule has 1 saturated heterocycles. The molecule has 0 saturated carbocycles. The second-order valence-corrected chi connectivity index (χ2v) is 8.11. The van der Waals surface area contributed by atoms with Gasteiger partial charge in [0.05, 0.1) is 12.4 Å². The Morgan fingerprint density at radius 1 is 1.29 bits per heavy atom. The largest absolute Gasteiger partial charge is 0.450 e. The maximum absolute atomic E-state index is 11.7. The standard InChI is InChI=1S/C15H30N4O4S/c1-4-16-14(17-9-6-12-24(3,21)22)18-13-7-10-19(11-8-13)15(20)23-5-2/h13H,4-12H2,1-3H3,(H2,16,17,18). The molecule has 9 heteroatoms. The average Bonchev–Trinajstić information content (AvgIpc) is 2.51. The molecule has 0 spiro atoms. The van der Waals surface area contributed by atoms with Gasteiger partial charge in [0.1, 0.15) is 9.84 Å². The number of carbonyl (C=O) groups is 1. The van der Waals surface area contributed by atoms with Crippen molar-refractivity contribution in [2.75, 3.05) is 44.8 Å². The van der Waals surface area contributed by atoms with Gasteiger partial charge in [-0.3, -0.25) is 4.99 Å². The van der Waals surface area contributed by atoms with Crippen LogP contribution < -0.4 is 10.6 Å². The second kappa shape index (κ2) is 10.4. The lowest BCUT2D eigenvalue weighted by Gasteiger charge is -2.32. The maximum Gasteiger partial charge on any atom is 0.409 e. The molecule has 24 heavy (non-hydrogen) atoms. The minimum absolute atomic E-state index is 0.147. The van der Waals surface area contributed by atoms with Crippen LogP contribution in [-0.4, -0.2) is 76.2 Å². The molecule has 0 aromatic heterocycles. The Morgan fingerprint density at radius 3 is 2.50 bits per heavy atom. The highest BCUT2D eigenvalue weighted by atomic mass is 32.2. The monoisotopic (exact) mass is 362 g/mol. The molecule has 1 amide bonds. The lowest BCUT2D eigenvalue weighted by Crippen LogP contribution is -2.50. The predicted molar refractivity (Wildman–Crippen MR) is 95.1 cm³/mol. The van der Waals surface area contributed by atoms with Crippen molar-refractivity contribution in [2.45, 2.75) is 39.2 Å². The Hall–Kier alpha value is -1.51. The average molecular weight is 362 g/mol. The summed E-state index contributed by atoms with van der Waals surface area (Å²) < 4.78 is 27.3. The van der Waals surface area contributed by atoms with Gasteiger partial charge in [-0.15, -0.1) is 0 Å². The third kappa shape index (κ3) is 8.37. The zero-order valence-electron chi connectivity index (χ0n) is 14.9. The number of ether oxygens (including phenoxy) is 1. The van der Waals surface area contributed by atoms with Gasteiger partial charge in [0.25, 0.3) is 0 Å². The van der Waals surface area contributed by atoms with Gasteiger partial charge in [-0.1, -0.05) is 0 Å². The lowest BCUT2D eigenvalue weighted by atomic mass is 10.1. The molecular weight excluding hydrogens is 332 g/mol. The van der Waals surface area contributed by atoms with Crippen LogP contribution in [0.1, 0.15) is 33.1 Å². The first-order valence-corrected chi connectivity index (χ1v) is 10.6. The van der Waals surface area contributed by atoms with Gasteiger partial charge in [-0.05, 0) is 33.1 Å². The fourth-order valence-electron chi connectivity index (χ4n) is 2.45. The van der Waals surface area contributed by atoms with E-state index in [4.69, 9.17) is 4.74 Å². The molecular formula is C15H30N4O4S. The Balaban J connectivity index is 2.41. The van der Waals surface area contributed by atoms with E-state index < -0.39 is 9.84 Å². The Kier molecular flexibility index (Phi) is 8.88. The topological polar surface area (TPSA) is 100 Å². The fourth-order valence-corrected chi connectivity index (χ4v) is 3.11. The summed E-state index contributed by atoms with van der Waals surface area (Å²) in [4.78, 5) is 17.8. The molecule has 1 fully saturated rings. The summed E-state index contributed by atoms with van der Waals surface area (Å²) in [6, 6.07) is 0.239. The van der Waals surface area contributed by atoms with Gasteiger partial charge in [-0.25, -0.2) is 13.2 Å². The van der Waals surface area contributed by atoms with Crippen molar-refractivity contribution in [3.05, 3.63) is 0 Å². The first-order valence-electron chi connectivity index (χ1n) is 8.50. The number of nitrogens with one attached hydrogen (secondary N) is 2. The summed E-state index contributed by atoms with van der Waals surface area (Å²) in [5, 5.41) is 6.52. The number of nitrogens with zero attached hydrogens (tertiary/aromatic N) is 2. The van der Waals surface area contributed by atoms with Gasteiger partial charge < -0.3 is 20.3 Å². The molecule has 1 heterocycles. The van der Waals surface area contributed by atoms with Gasteiger partial charge in [-0.2, -0.15) is 0 Å². The van der Waals surface area contributed by atoms with Crippen LogP contribution in [0, 0.1) is 0 Å². The van der Waals surface area contributed by atoms with Crippen LogP contribution in [0.2, 0.25) is 0 Å². The van der Waals surface area contributed by atoms with Crippen molar-refractivity contribution >= 4 is 21.9 Å². The molecule has 8 nitrogen and oxygen atoms in total. The number of rotatable bonds is 7. The van der Waals surface area contributed by atoms with Crippen molar-refractivity contribution in [3.8, 4) is 0 Å². The third-order valence-electron chi connectivity index (χ3n) is 3.65. The molecule has 1 aliphatic rings. The molecule has 0 atom stereocenters. The predicted octanol–water partition coefficient (Wildman–Crippen LogP) is 0.597. The van der Waals surface area contributed by atoms with Crippen molar-refractivity contribution in [1.82, 2.24) is 15.5 Å². The minimum atomic E-state index is -2.94. The summed E-state index contributed by atoms with van der Waals surface area (Å²) in [5.41, 5.74) is 0. The Morgan fingerprint density at radius 2 is 1.96 bits per heavy atom. The number of piperidine rings is 1. The number of hydrogen-bond donors (Lipinski definition) is 2. The van der Waals surface area contributed by atoms with Crippen molar-refractivity contribution in [3.63, 3.8) is 0 Å². The molecule has 0 unspecified atom stereocenters. The van der Waals surface area contributed by atoms with Gasteiger partial charge in [0.15, 0.2) is 5.96 Å². The van der Waals surface area contributed by atoms with E-state index in [2.05, 4.69) is 15.6 Å². The number of likely N-dealkylation sites (tertiary alicyclic amines) is 1. The molecule has 0 aromatic carbocycles. The van der Waals surface area contributed by atoms with E-state index in [0.29, 0.717) is 38.6 Å². The number of amides is 1. The van der Waals surface area contributed by atoms with E-state index in [-0.39, 0.29) is 17.9 Å². The molecule has 0 bridgehead atoms. The molecule has 1 rings (SSSR count). The highest BCUT2D eigenvalue weighted by Gasteiger charge is 2.23. The first kappa shape index (κ1) is 20.5. The van der Waals surface area contributed by atoms with Crippen molar-refractivity contribution < 1.29 is 17.9 Å². The Labute approximate surface area is 144 Å². The molecule has 2 N–H and O–H groups in total. The van der Waals surface area contributed by atoms with E-state index >= 15 is 0 Å². The number of hydrogen-bond acceptors (Lipinski definition) is 5. The smallest absolute Gasteiger partial charge is 0.409 e. The SMILES string of the molecule is CCNC(=NCCCS(C)(=O)=O)NC1CCN(C(=O)OCC)CC1. The maximum atomic E-state index is 11.7. The van der Waals surface area contributed by atoms with E-state index in [1.54, 1.807) is 11.8 Å². The Bertz CT molecular complexity index is 514. The summed E-state index contributed by atoms with van der Waals surface area (Å²) in [6.45, 7) is 6.69. The van der Waals surface area contributed by atoms with Gasteiger partial charge >= 0.3 is 6.09 Å². The highest BCUT2D eigenvalue weighted by molar-refractivity contribution is 7.90. The van der Waals surface area contributed by atoms with E-state index in [1.165, 1.54) is 6.26 Å². The van der Waals surface area contributed by atoms with Gasteiger partial charge in [0.2, 0.25) is 0 Å². The highest BCUT2D eigenvalue weighted by Crippen LogP contribution is 2.11. The van der Waals surface area contributed by atoms with E-state index in [0.717, 1.165) is 19.4 Å². The van der Waals surface area contributed by atoms with Crippen LogP contribution in [0.4, 0.5) is 4.79 Å². The lowest BCUT2D eigenvalue weighted by molar-refractivity contribution is 0.0963. The van der Waals surface area contributed by atoms with Crippen LogP contribution in [0.5, 0.6) is 0 Å². The van der Waals surface area contributed by atoms with Crippen LogP contribution in [0.15, 0.2) is 4.99 Å². The quantitative estimate of drug-likeness (QED) is 0.391. The molecule has 0 aliphatic carbocycles. The van der Waals surface area contributed by atoms with Crippen LogP contribution in [-0.2, 0) is 14.6 Å². The third-order valence-corrected chi connectivity index (χ3v) is 4.68. The summed E-state index contributed by atoms with van der Waals surface area (Å²) in [7, 11) is -2.94. The van der Waals surface area contributed by atoms with Crippen LogP contribution in [0.3, 0.4) is 0 Å². The summed E-state index contributed by atoms with van der Waals surface area (Å²) in [5.74, 6) is 0.842. The fraction of sp³-hybridized carbons (Fsp3) is 0.867.